The van der Waals surface area contributed by atoms with Gasteiger partial charge >= 0.3 is 0 Å². The van der Waals surface area contributed by atoms with E-state index < -0.39 is 11.5 Å². The van der Waals surface area contributed by atoms with Gasteiger partial charge in [0.25, 0.3) is 11.5 Å². The number of hydrogen-bond acceptors (Lipinski definition) is 4. The molecule has 4 rings (SSSR count). The summed E-state index contributed by atoms with van der Waals surface area (Å²) in [5.41, 5.74) is 2.28. The normalized spacial score (nSPS) is 13.6. The van der Waals surface area contributed by atoms with Gasteiger partial charge < -0.3 is 10.1 Å². The smallest absolute Gasteiger partial charge is 0.277 e. The van der Waals surface area contributed by atoms with Crippen LogP contribution in [0.3, 0.4) is 0 Å². The molecule has 0 atom stereocenters. The highest BCUT2D eigenvalue weighted by atomic mass is 16.5. The predicted molar refractivity (Wildman–Crippen MR) is 116 cm³/mol. The molecule has 30 heavy (non-hydrogen) atoms. The number of amides is 1. The Morgan fingerprint density at radius 3 is 2.33 bits per heavy atom. The number of carbonyl (C=O) groups excluding carboxylic acids is 1. The van der Waals surface area contributed by atoms with Crippen molar-refractivity contribution < 1.29 is 9.53 Å². The van der Waals surface area contributed by atoms with Gasteiger partial charge in [-0.15, -0.1) is 0 Å². The lowest BCUT2D eigenvalue weighted by Crippen LogP contribution is -2.32. The van der Waals surface area contributed by atoms with Crippen LogP contribution in [0.2, 0.25) is 0 Å². The molecule has 0 saturated heterocycles. The lowest BCUT2D eigenvalue weighted by atomic mass is 9.95. The summed E-state index contributed by atoms with van der Waals surface area (Å²) in [4.78, 5) is 25.7. The first kappa shape index (κ1) is 20.0. The number of benzene rings is 2. The molecular formula is C24H25N3O3. The zero-order chi connectivity index (χ0) is 20.8. The van der Waals surface area contributed by atoms with E-state index in [1.807, 2.05) is 60.7 Å². The van der Waals surface area contributed by atoms with Gasteiger partial charge in [0.05, 0.1) is 11.8 Å². The van der Waals surface area contributed by atoms with Crippen molar-refractivity contribution in [2.45, 2.75) is 31.8 Å². The molecule has 1 aromatic heterocycles. The molecule has 0 unspecified atom stereocenters. The van der Waals surface area contributed by atoms with Gasteiger partial charge in [-0.25, -0.2) is 5.10 Å². The summed E-state index contributed by atoms with van der Waals surface area (Å²) in [6.45, 7) is 1.06. The van der Waals surface area contributed by atoms with E-state index in [0.29, 0.717) is 36.9 Å². The third-order valence-corrected chi connectivity index (χ3v) is 5.33. The van der Waals surface area contributed by atoms with Gasteiger partial charge in [0.15, 0.2) is 0 Å². The number of aromatic nitrogens is 2. The van der Waals surface area contributed by atoms with Gasteiger partial charge in [-0.3, -0.25) is 9.59 Å². The second-order valence-electron chi connectivity index (χ2n) is 7.42. The summed E-state index contributed by atoms with van der Waals surface area (Å²) in [5, 5.41) is 9.65. The SMILES string of the molecule is O=C(NCCCOC1CCC1)c1c(-c2ccccc2)c(-c2ccccc2)n[nH]c1=O. The van der Waals surface area contributed by atoms with Gasteiger partial charge in [-0.1, -0.05) is 60.7 Å². The van der Waals surface area contributed by atoms with Crippen LogP contribution in [-0.4, -0.2) is 35.4 Å². The molecule has 1 amide bonds. The summed E-state index contributed by atoms with van der Waals surface area (Å²) in [6, 6.07) is 19.0. The first-order valence-electron chi connectivity index (χ1n) is 10.4. The molecule has 1 aliphatic rings. The van der Waals surface area contributed by atoms with Gasteiger partial charge in [-0.05, 0) is 31.2 Å². The quantitative estimate of drug-likeness (QED) is 0.561. The standard InChI is InChI=1S/C24H25N3O3/c28-23(25-15-8-16-30-19-13-7-14-19)21-20(17-9-3-1-4-10-17)22(26-27-24(21)29)18-11-5-2-6-12-18/h1-6,9-12,19H,7-8,13-16H2,(H,25,28)(H,27,29). The van der Waals surface area contributed by atoms with E-state index in [-0.39, 0.29) is 5.56 Å². The number of aromatic amines is 1. The second-order valence-corrected chi connectivity index (χ2v) is 7.42. The number of nitrogens with one attached hydrogen (secondary N) is 2. The molecule has 0 spiro atoms. The Kier molecular flexibility index (Phi) is 6.35. The molecule has 6 heteroatoms. The maximum absolute atomic E-state index is 13.0. The molecule has 6 nitrogen and oxygen atoms in total. The van der Waals surface area contributed by atoms with Crippen LogP contribution in [-0.2, 0) is 4.74 Å². The Bertz CT molecular complexity index is 1040. The Morgan fingerprint density at radius 2 is 1.70 bits per heavy atom. The van der Waals surface area contributed by atoms with Crippen LogP contribution < -0.4 is 10.9 Å². The highest BCUT2D eigenvalue weighted by Gasteiger charge is 2.23. The van der Waals surface area contributed by atoms with Crippen LogP contribution in [0.1, 0.15) is 36.0 Å². The Balaban J connectivity index is 1.61. The van der Waals surface area contributed by atoms with Crippen molar-refractivity contribution in [1.82, 2.24) is 15.5 Å². The minimum atomic E-state index is -0.503. The number of H-pyrrole nitrogens is 1. The van der Waals surface area contributed by atoms with Crippen molar-refractivity contribution in [2.75, 3.05) is 13.2 Å². The number of ether oxygens (including phenoxy) is 1. The average molecular weight is 403 g/mol. The van der Waals surface area contributed by atoms with Crippen LogP contribution in [0.15, 0.2) is 65.5 Å². The van der Waals surface area contributed by atoms with E-state index in [1.165, 1.54) is 6.42 Å². The van der Waals surface area contributed by atoms with Crippen molar-refractivity contribution in [3.63, 3.8) is 0 Å². The average Bonchev–Trinajstić information content (AvgIpc) is 2.75. The first-order valence-corrected chi connectivity index (χ1v) is 10.4. The topological polar surface area (TPSA) is 84.1 Å². The van der Waals surface area contributed by atoms with Gasteiger partial charge in [0.2, 0.25) is 0 Å². The molecule has 1 heterocycles. The van der Waals surface area contributed by atoms with E-state index in [1.54, 1.807) is 0 Å². The summed E-state index contributed by atoms with van der Waals surface area (Å²) in [5.74, 6) is -0.404. The van der Waals surface area contributed by atoms with Gasteiger partial charge in [-0.2, -0.15) is 5.10 Å². The monoisotopic (exact) mass is 403 g/mol. The molecular weight excluding hydrogens is 378 g/mol. The number of carbonyl (C=O) groups is 1. The fourth-order valence-corrected chi connectivity index (χ4v) is 3.51. The molecule has 3 aromatic rings. The summed E-state index contributed by atoms with van der Waals surface area (Å²) in [6.07, 6.45) is 4.57. The maximum Gasteiger partial charge on any atom is 0.277 e. The maximum atomic E-state index is 13.0. The number of hydrogen-bond donors (Lipinski definition) is 2. The van der Waals surface area contributed by atoms with Gasteiger partial charge in [0, 0.05) is 24.3 Å². The molecule has 0 bridgehead atoms. The lowest BCUT2D eigenvalue weighted by Gasteiger charge is -2.25. The highest BCUT2D eigenvalue weighted by Crippen LogP contribution is 2.31. The molecule has 0 aliphatic heterocycles. The summed E-state index contributed by atoms with van der Waals surface area (Å²) >= 11 is 0. The van der Waals surface area contributed by atoms with E-state index >= 15 is 0 Å². The van der Waals surface area contributed by atoms with Gasteiger partial charge in [0.1, 0.15) is 5.56 Å². The van der Waals surface area contributed by atoms with E-state index in [0.717, 1.165) is 24.0 Å². The summed E-state index contributed by atoms with van der Waals surface area (Å²) in [7, 11) is 0. The molecule has 2 aromatic carbocycles. The Morgan fingerprint density at radius 1 is 1.03 bits per heavy atom. The first-order chi connectivity index (χ1) is 14.7. The number of rotatable bonds is 8. The summed E-state index contributed by atoms with van der Waals surface area (Å²) < 4.78 is 5.73. The minimum absolute atomic E-state index is 0.0787. The van der Waals surface area contributed by atoms with Crippen LogP contribution in [0.25, 0.3) is 22.4 Å². The predicted octanol–water partition coefficient (Wildman–Crippen LogP) is 3.79. The molecule has 154 valence electrons. The zero-order valence-corrected chi connectivity index (χ0v) is 16.8. The molecule has 1 aliphatic carbocycles. The van der Waals surface area contributed by atoms with E-state index in [2.05, 4.69) is 15.5 Å². The fourth-order valence-electron chi connectivity index (χ4n) is 3.51. The van der Waals surface area contributed by atoms with Crippen LogP contribution in [0.5, 0.6) is 0 Å². The van der Waals surface area contributed by atoms with E-state index in [4.69, 9.17) is 4.74 Å². The lowest BCUT2D eigenvalue weighted by molar-refractivity contribution is 0.00162. The van der Waals surface area contributed by atoms with Crippen molar-refractivity contribution >= 4 is 5.91 Å². The third-order valence-electron chi connectivity index (χ3n) is 5.33. The van der Waals surface area contributed by atoms with Crippen LogP contribution in [0.4, 0.5) is 0 Å². The number of nitrogens with zero attached hydrogens (tertiary/aromatic N) is 1. The second kappa shape index (κ2) is 9.50. The Hall–Kier alpha value is -3.25. The van der Waals surface area contributed by atoms with Crippen molar-refractivity contribution in [3.05, 3.63) is 76.6 Å². The zero-order valence-electron chi connectivity index (χ0n) is 16.8. The fraction of sp³-hybridized carbons (Fsp3) is 0.292. The molecule has 0 radical (unpaired) electrons. The highest BCUT2D eigenvalue weighted by molar-refractivity contribution is 6.03. The van der Waals surface area contributed by atoms with Crippen molar-refractivity contribution in [1.29, 1.82) is 0 Å². The molecule has 2 N–H and O–H groups in total. The van der Waals surface area contributed by atoms with Crippen molar-refractivity contribution in [2.24, 2.45) is 0 Å². The third kappa shape index (κ3) is 4.49. The van der Waals surface area contributed by atoms with Crippen LogP contribution >= 0.6 is 0 Å². The Labute approximate surface area is 175 Å². The molecule has 1 fully saturated rings. The minimum Gasteiger partial charge on any atom is -0.378 e. The molecule has 1 saturated carbocycles. The van der Waals surface area contributed by atoms with E-state index in [9.17, 15) is 9.59 Å². The van der Waals surface area contributed by atoms with Crippen molar-refractivity contribution in [3.8, 4) is 22.4 Å². The van der Waals surface area contributed by atoms with Crippen LogP contribution in [0, 0.1) is 0 Å². The largest absolute Gasteiger partial charge is 0.378 e.